The Labute approximate surface area is 173 Å². The van der Waals surface area contributed by atoms with Gasteiger partial charge in [-0.25, -0.2) is 4.99 Å². The van der Waals surface area contributed by atoms with E-state index in [1.807, 2.05) is 18.2 Å². The Morgan fingerprint density at radius 3 is 2.73 bits per heavy atom. The fraction of sp³-hybridized carbons (Fsp3) is 0.632. The molecule has 146 valence electrons. The fourth-order valence-corrected chi connectivity index (χ4v) is 3.30. The largest absolute Gasteiger partial charge is 0.454 e. The van der Waals surface area contributed by atoms with Crippen LogP contribution in [-0.2, 0) is 6.54 Å². The van der Waals surface area contributed by atoms with Gasteiger partial charge in [0.25, 0.3) is 0 Å². The molecule has 0 radical (unpaired) electrons. The van der Waals surface area contributed by atoms with E-state index in [1.54, 1.807) is 0 Å². The maximum Gasteiger partial charge on any atom is 0.231 e. The predicted octanol–water partition coefficient (Wildman–Crippen LogP) is 2.82. The quantitative estimate of drug-likeness (QED) is 0.378. The van der Waals surface area contributed by atoms with Gasteiger partial charge in [-0.3, -0.25) is 0 Å². The molecule has 1 saturated heterocycles. The van der Waals surface area contributed by atoms with Crippen molar-refractivity contribution >= 4 is 29.9 Å². The van der Waals surface area contributed by atoms with Gasteiger partial charge >= 0.3 is 0 Å². The molecule has 0 aromatic heterocycles. The number of piperidine rings is 1. The molecule has 0 saturated carbocycles. The van der Waals surface area contributed by atoms with Crippen molar-refractivity contribution < 1.29 is 9.47 Å². The third-order valence-corrected chi connectivity index (χ3v) is 4.88. The average Bonchev–Trinajstić information content (AvgIpc) is 3.09. The number of hydrogen-bond acceptors (Lipinski definition) is 4. The van der Waals surface area contributed by atoms with Crippen LogP contribution in [0.2, 0.25) is 0 Å². The minimum atomic E-state index is 0. The molecule has 2 aliphatic rings. The van der Waals surface area contributed by atoms with E-state index in [0.29, 0.717) is 13.3 Å². The summed E-state index contributed by atoms with van der Waals surface area (Å²) in [5.41, 5.74) is 1.12. The lowest BCUT2D eigenvalue weighted by atomic mass is 9.94. The van der Waals surface area contributed by atoms with Gasteiger partial charge in [-0.2, -0.15) is 0 Å². The van der Waals surface area contributed by atoms with Gasteiger partial charge in [0, 0.05) is 13.1 Å². The lowest BCUT2D eigenvalue weighted by Gasteiger charge is -2.29. The number of halogens is 1. The second-order valence-corrected chi connectivity index (χ2v) is 6.84. The number of guanidine groups is 1. The maximum absolute atomic E-state index is 5.43. The summed E-state index contributed by atoms with van der Waals surface area (Å²) in [7, 11) is 2.21. The minimum absolute atomic E-state index is 0. The standard InChI is InChI=1S/C19H30N4O2.HI/c1-3-20-19(21-9-6-15-7-10-23(2)11-8-15)22-13-16-4-5-17-18(12-16)25-14-24-17;/h4-5,12,15H,3,6-11,13-14H2,1-2H3,(H2,20,21,22);1H. The Morgan fingerprint density at radius 1 is 1.19 bits per heavy atom. The van der Waals surface area contributed by atoms with Crippen LogP contribution in [0.5, 0.6) is 11.5 Å². The van der Waals surface area contributed by atoms with E-state index in [9.17, 15) is 0 Å². The van der Waals surface area contributed by atoms with Gasteiger partial charge < -0.3 is 25.0 Å². The molecule has 0 atom stereocenters. The highest BCUT2D eigenvalue weighted by Crippen LogP contribution is 2.32. The van der Waals surface area contributed by atoms with Crippen molar-refractivity contribution in [1.82, 2.24) is 15.5 Å². The zero-order chi connectivity index (χ0) is 17.5. The zero-order valence-corrected chi connectivity index (χ0v) is 18.1. The molecule has 2 heterocycles. The van der Waals surface area contributed by atoms with Crippen LogP contribution in [0, 0.1) is 5.92 Å². The van der Waals surface area contributed by atoms with Gasteiger partial charge in [-0.05, 0) is 69.9 Å². The molecular weight excluding hydrogens is 443 g/mol. The van der Waals surface area contributed by atoms with Crippen molar-refractivity contribution in [2.75, 3.05) is 40.0 Å². The van der Waals surface area contributed by atoms with Crippen LogP contribution < -0.4 is 20.1 Å². The second kappa shape index (κ2) is 10.8. The molecule has 2 N–H and O–H groups in total. The molecule has 0 aliphatic carbocycles. The normalized spacial score (nSPS) is 17.7. The Hall–Kier alpha value is -1.22. The second-order valence-electron chi connectivity index (χ2n) is 6.84. The molecule has 0 spiro atoms. The van der Waals surface area contributed by atoms with Gasteiger partial charge in [0.05, 0.1) is 6.54 Å². The lowest BCUT2D eigenvalue weighted by molar-refractivity contribution is 0.174. The number of hydrogen-bond donors (Lipinski definition) is 2. The molecule has 0 unspecified atom stereocenters. The Bertz CT molecular complexity index is 589. The van der Waals surface area contributed by atoms with Crippen LogP contribution in [0.4, 0.5) is 0 Å². The Kier molecular flexibility index (Phi) is 8.77. The predicted molar refractivity (Wildman–Crippen MR) is 116 cm³/mol. The number of fused-ring (bicyclic) bond motifs is 1. The molecule has 7 heteroatoms. The summed E-state index contributed by atoms with van der Waals surface area (Å²) in [6.45, 7) is 7.31. The maximum atomic E-state index is 5.43. The third-order valence-electron chi connectivity index (χ3n) is 4.88. The summed E-state index contributed by atoms with van der Waals surface area (Å²) in [5, 5.41) is 6.80. The first-order valence-corrected chi connectivity index (χ1v) is 9.34. The third kappa shape index (κ3) is 6.19. The van der Waals surface area contributed by atoms with E-state index in [4.69, 9.17) is 14.5 Å². The minimum Gasteiger partial charge on any atom is -0.454 e. The van der Waals surface area contributed by atoms with Crippen LogP contribution >= 0.6 is 24.0 Å². The first-order valence-electron chi connectivity index (χ1n) is 9.34. The van der Waals surface area contributed by atoms with Crippen LogP contribution in [0.3, 0.4) is 0 Å². The number of aliphatic imine (C=N–C) groups is 1. The summed E-state index contributed by atoms with van der Waals surface area (Å²) in [5.74, 6) is 3.34. The summed E-state index contributed by atoms with van der Waals surface area (Å²) in [6, 6.07) is 6.00. The summed E-state index contributed by atoms with van der Waals surface area (Å²) >= 11 is 0. The van der Waals surface area contributed by atoms with E-state index in [1.165, 1.54) is 32.4 Å². The number of rotatable bonds is 6. The van der Waals surface area contributed by atoms with E-state index >= 15 is 0 Å². The smallest absolute Gasteiger partial charge is 0.231 e. The molecule has 26 heavy (non-hydrogen) atoms. The molecule has 6 nitrogen and oxygen atoms in total. The van der Waals surface area contributed by atoms with Gasteiger partial charge in [-0.15, -0.1) is 24.0 Å². The summed E-state index contributed by atoms with van der Waals surface area (Å²) in [6.07, 6.45) is 3.83. The van der Waals surface area contributed by atoms with Crippen LogP contribution in [0.15, 0.2) is 23.2 Å². The van der Waals surface area contributed by atoms with Gasteiger partial charge in [0.15, 0.2) is 17.5 Å². The molecule has 2 aliphatic heterocycles. The highest BCUT2D eigenvalue weighted by Gasteiger charge is 2.16. The summed E-state index contributed by atoms with van der Waals surface area (Å²) in [4.78, 5) is 7.11. The van der Waals surface area contributed by atoms with Crippen molar-refractivity contribution in [2.24, 2.45) is 10.9 Å². The van der Waals surface area contributed by atoms with Gasteiger partial charge in [0.2, 0.25) is 6.79 Å². The van der Waals surface area contributed by atoms with Gasteiger partial charge in [-0.1, -0.05) is 6.07 Å². The average molecular weight is 474 g/mol. The molecular formula is C19H31IN4O2. The lowest BCUT2D eigenvalue weighted by Crippen LogP contribution is -2.39. The summed E-state index contributed by atoms with van der Waals surface area (Å²) < 4.78 is 10.8. The first kappa shape index (κ1) is 21.1. The molecule has 1 aromatic carbocycles. The van der Waals surface area contributed by atoms with Crippen molar-refractivity contribution in [1.29, 1.82) is 0 Å². The molecule has 1 fully saturated rings. The molecule has 1 aromatic rings. The highest BCUT2D eigenvalue weighted by molar-refractivity contribution is 14.0. The van der Waals surface area contributed by atoms with E-state index in [2.05, 4.69) is 29.5 Å². The zero-order valence-electron chi connectivity index (χ0n) is 15.8. The molecule has 0 bridgehead atoms. The molecule has 3 rings (SSSR count). The number of likely N-dealkylation sites (tertiary alicyclic amines) is 1. The van der Waals surface area contributed by atoms with E-state index in [-0.39, 0.29) is 24.0 Å². The van der Waals surface area contributed by atoms with Crippen molar-refractivity contribution in [2.45, 2.75) is 32.7 Å². The first-order chi connectivity index (χ1) is 12.2. The van der Waals surface area contributed by atoms with E-state index < -0.39 is 0 Å². The van der Waals surface area contributed by atoms with Crippen molar-refractivity contribution in [3.63, 3.8) is 0 Å². The number of nitrogens with one attached hydrogen (secondary N) is 2. The Morgan fingerprint density at radius 2 is 1.96 bits per heavy atom. The van der Waals surface area contributed by atoms with Crippen molar-refractivity contribution in [3.8, 4) is 11.5 Å². The topological polar surface area (TPSA) is 58.1 Å². The SMILES string of the molecule is CCNC(=NCc1ccc2c(c1)OCO2)NCCC1CCN(C)CC1.I. The highest BCUT2D eigenvalue weighted by atomic mass is 127. The molecule has 0 amide bonds. The van der Waals surface area contributed by atoms with Crippen LogP contribution in [0.1, 0.15) is 31.7 Å². The Balaban J connectivity index is 0.00000243. The fourth-order valence-electron chi connectivity index (χ4n) is 3.30. The van der Waals surface area contributed by atoms with Crippen LogP contribution in [0.25, 0.3) is 0 Å². The number of benzene rings is 1. The number of ether oxygens (including phenoxy) is 2. The van der Waals surface area contributed by atoms with E-state index in [0.717, 1.165) is 42.0 Å². The van der Waals surface area contributed by atoms with Crippen molar-refractivity contribution in [3.05, 3.63) is 23.8 Å². The van der Waals surface area contributed by atoms with Crippen LogP contribution in [-0.4, -0.2) is 50.9 Å². The van der Waals surface area contributed by atoms with Gasteiger partial charge in [0.1, 0.15) is 0 Å². The monoisotopic (exact) mass is 474 g/mol. The number of nitrogens with zero attached hydrogens (tertiary/aromatic N) is 2.